The molecule has 0 unspecified atom stereocenters. The average Bonchev–Trinajstić information content (AvgIpc) is 3.29. The molecule has 0 bridgehead atoms. The first-order chi connectivity index (χ1) is 13.5. The molecule has 0 saturated carbocycles. The maximum atomic E-state index is 13.0. The molecule has 0 aromatic carbocycles. The molecule has 2 N–H and O–H groups in total. The second-order valence-electron chi connectivity index (χ2n) is 8.45. The zero-order chi connectivity index (χ0) is 21.1. The van der Waals surface area contributed by atoms with Gasteiger partial charge in [0.2, 0.25) is 5.91 Å². The van der Waals surface area contributed by atoms with Crippen LogP contribution in [0.15, 0.2) is 0 Å². The van der Waals surface area contributed by atoms with Crippen molar-refractivity contribution in [3.05, 3.63) is 17.0 Å². The topological polar surface area (TPSA) is 98.4 Å². The highest BCUT2D eigenvalue weighted by atomic mass is 19.4. The first-order valence-corrected chi connectivity index (χ1v) is 9.55. The maximum absolute atomic E-state index is 13.0. The van der Waals surface area contributed by atoms with Gasteiger partial charge in [0.15, 0.2) is 5.69 Å². The Morgan fingerprint density at radius 3 is 2.62 bits per heavy atom. The molecule has 0 spiro atoms. The molecule has 29 heavy (non-hydrogen) atoms. The van der Waals surface area contributed by atoms with Crippen LogP contribution in [0.2, 0.25) is 0 Å². The molecule has 8 nitrogen and oxygen atoms in total. The Morgan fingerprint density at radius 2 is 2.00 bits per heavy atom. The highest BCUT2D eigenvalue weighted by Gasteiger charge is 2.48. The van der Waals surface area contributed by atoms with Crippen molar-refractivity contribution in [3.8, 4) is 0 Å². The number of amides is 4. The normalized spacial score (nSPS) is 25.4. The van der Waals surface area contributed by atoms with Crippen molar-refractivity contribution in [2.24, 2.45) is 5.92 Å². The van der Waals surface area contributed by atoms with Crippen molar-refractivity contribution in [2.45, 2.75) is 50.7 Å². The van der Waals surface area contributed by atoms with Crippen LogP contribution in [0.3, 0.4) is 0 Å². The number of alkyl halides is 3. The zero-order valence-corrected chi connectivity index (χ0v) is 16.1. The standard InChI is InChI=1S/C18H22F3N5O3/c1-17(2)15(28)26(16(29)22-17)5-3-4-12(27)25-7-9-6-10-13(11(9)8-25)23-24-14(10)18(19,20)21/h9,11H,3-8H2,1-2H3,(H,22,29)(H,23,24)/t9-,11+/m1/s1. The van der Waals surface area contributed by atoms with Gasteiger partial charge in [0.25, 0.3) is 5.91 Å². The first kappa shape index (κ1) is 19.7. The predicted molar refractivity (Wildman–Crippen MR) is 93.7 cm³/mol. The molecule has 2 fully saturated rings. The molecule has 2 saturated heterocycles. The van der Waals surface area contributed by atoms with Crippen LogP contribution in [0.1, 0.15) is 49.6 Å². The molecule has 4 amide bonds. The Bertz CT molecular complexity index is 879. The number of hydrogen-bond donors (Lipinski definition) is 2. The van der Waals surface area contributed by atoms with Gasteiger partial charge < -0.3 is 10.2 Å². The van der Waals surface area contributed by atoms with E-state index in [1.54, 1.807) is 18.7 Å². The maximum Gasteiger partial charge on any atom is 0.435 e. The van der Waals surface area contributed by atoms with Gasteiger partial charge >= 0.3 is 12.2 Å². The largest absolute Gasteiger partial charge is 0.435 e. The molecule has 1 aromatic heterocycles. The van der Waals surface area contributed by atoms with Crippen molar-refractivity contribution in [1.29, 1.82) is 0 Å². The van der Waals surface area contributed by atoms with E-state index in [0.717, 1.165) is 4.90 Å². The molecule has 158 valence electrons. The number of imide groups is 1. The summed E-state index contributed by atoms with van der Waals surface area (Å²) in [6, 6.07) is -0.463. The zero-order valence-electron chi connectivity index (χ0n) is 16.1. The minimum absolute atomic E-state index is 0.0453. The lowest BCUT2D eigenvalue weighted by molar-refractivity contribution is -0.142. The second kappa shape index (κ2) is 6.46. The summed E-state index contributed by atoms with van der Waals surface area (Å²) in [5.41, 5.74) is -1.08. The monoisotopic (exact) mass is 413 g/mol. The SMILES string of the molecule is CC1(C)NC(=O)N(CCCC(=O)N2C[C@H]3Cc4c(C(F)(F)F)n[nH]c4[C@H]3C2)C1=O. The molecule has 11 heteroatoms. The van der Waals surface area contributed by atoms with Crippen LogP contribution in [-0.4, -0.2) is 63.0 Å². The van der Waals surface area contributed by atoms with Gasteiger partial charge in [-0.3, -0.25) is 19.6 Å². The lowest BCUT2D eigenvalue weighted by atomic mass is 9.99. The number of aromatic nitrogens is 2. The quantitative estimate of drug-likeness (QED) is 0.733. The van der Waals surface area contributed by atoms with Gasteiger partial charge in [0.05, 0.1) is 0 Å². The third kappa shape index (κ3) is 3.25. The summed E-state index contributed by atoms with van der Waals surface area (Å²) in [6.45, 7) is 4.15. The number of likely N-dealkylation sites (tertiary alicyclic amines) is 1. The van der Waals surface area contributed by atoms with Crippen LogP contribution in [0.5, 0.6) is 0 Å². The Hall–Kier alpha value is -2.59. The summed E-state index contributed by atoms with van der Waals surface area (Å²) in [5, 5.41) is 8.54. The summed E-state index contributed by atoms with van der Waals surface area (Å²) in [4.78, 5) is 39.3. The number of nitrogens with zero attached hydrogens (tertiary/aromatic N) is 3. The van der Waals surface area contributed by atoms with E-state index in [1.165, 1.54) is 0 Å². The fourth-order valence-electron chi connectivity index (χ4n) is 4.56. The fraction of sp³-hybridized carbons (Fsp3) is 0.667. The van der Waals surface area contributed by atoms with Gasteiger partial charge in [-0.1, -0.05) is 0 Å². The number of nitrogens with one attached hydrogen (secondary N) is 2. The lowest BCUT2D eigenvalue weighted by Crippen LogP contribution is -2.40. The van der Waals surface area contributed by atoms with Gasteiger partial charge in [-0.25, -0.2) is 4.79 Å². The van der Waals surface area contributed by atoms with E-state index in [4.69, 9.17) is 0 Å². The van der Waals surface area contributed by atoms with E-state index in [9.17, 15) is 27.6 Å². The molecular weight excluding hydrogens is 391 g/mol. The van der Waals surface area contributed by atoms with Gasteiger partial charge in [0, 0.05) is 43.2 Å². The van der Waals surface area contributed by atoms with Crippen LogP contribution in [0.25, 0.3) is 0 Å². The van der Waals surface area contributed by atoms with E-state index in [2.05, 4.69) is 15.5 Å². The van der Waals surface area contributed by atoms with E-state index in [0.29, 0.717) is 25.2 Å². The van der Waals surface area contributed by atoms with Crippen LogP contribution < -0.4 is 5.32 Å². The van der Waals surface area contributed by atoms with Crippen molar-refractivity contribution in [2.75, 3.05) is 19.6 Å². The summed E-state index contributed by atoms with van der Waals surface area (Å²) in [7, 11) is 0. The van der Waals surface area contributed by atoms with Crippen LogP contribution in [0, 0.1) is 5.92 Å². The van der Waals surface area contributed by atoms with Crippen LogP contribution >= 0.6 is 0 Å². The Labute approximate surface area is 164 Å². The molecule has 4 rings (SSSR count). The number of carbonyl (C=O) groups excluding carboxylic acids is 3. The number of carbonyl (C=O) groups is 3. The minimum Gasteiger partial charge on any atom is -0.342 e. The summed E-state index contributed by atoms with van der Waals surface area (Å²) >= 11 is 0. The third-order valence-corrected chi connectivity index (χ3v) is 6.02. The number of fused-ring (bicyclic) bond motifs is 3. The molecule has 1 aromatic rings. The highest BCUT2D eigenvalue weighted by Crippen LogP contribution is 2.46. The molecule has 3 heterocycles. The fourth-order valence-corrected chi connectivity index (χ4v) is 4.56. The van der Waals surface area contributed by atoms with Crippen molar-refractivity contribution in [3.63, 3.8) is 0 Å². The highest BCUT2D eigenvalue weighted by molar-refractivity contribution is 6.06. The molecule has 0 radical (unpaired) electrons. The van der Waals surface area contributed by atoms with Crippen molar-refractivity contribution < 1.29 is 27.6 Å². The van der Waals surface area contributed by atoms with Gasteiger partial charge in [-0.05, 0) is 32.6 Å². The minimum atomic E-state index is -4.48. The Morgan fingerprint density at radius 1 is 1.28 bits per heavy atom. The van der Waals surface area contributed by atoms with E-state index in [-0.39, 0.29) is 48.6 Å². The smallest absolute Gasteiger partial charge is 0.342 e. The first-order valence-electron chi connectivity index (χ1n) is 9.55. The number of halogens is 3. The van der Waals surface area contributed by atoms with Gasteiger partial charge in [-0.15, -0.1) is 0 Å². The van der Waals surface area contributed by atoms with Crippen molar-refractivity contribution >= 4 is 17.8 Å². The summed E-state index contributed by atoms with van der Waals surface area (Å²) < 4.78 is 39.1. The number of rotatable bonds is 4. The summed E-state index contributed by atoms with van der Waals surface area (Å²) in [6.07, 6.45) is -3.72. The van der Waals surface area contributed by atoms with Crippen LogP contribution in [0.4, 0.5) is 18.0 Å². The van der Waals surface area contributed by atoms with Crippen molar-refractivity contribution in [1.82, 2.24) is 25.3 Å². The molecule has 2 atom stereocenters. The average molecular weight is 413 g/mol. The van der Waals surface area contributed by atoms with Gasteiger partial charge in [0.1, 0.15) is 5.54 Å². The Kier molecular flexibility index (Phi) is 4.39. The van der Waals surface area contributed by atoms with E-state index >= 15 is 0 Å². The molecule has 3 aliphatic rings. The number of H-pyrrole nitrogens is 1. The Balaban J connectivity index is 1.32. The number of aromatic amines is 1. The third-order valence-electron chi connectivity index (χ3n) is 6.02. The number of hydrogen-bond acceptors (Lipinski definition) is 4. The summed E-state index contributed by atoms with van der Waals surface area (Å²) in [5.74, 6) is -0.652. The van der Waals surface area contributed by atoms with Crippen LogP contribution in [-0.2, 0) is 22.2 Å². The second-order valence-corrected chi connectivity index (χ2v) is 8.45. The molecule has 1 aliphatic carbocycles. The number of urea groups is 1. The van der Waals surface area contributed by atoms with E-state index in [1.807, 2.05) is 0 Å². The molecular formula is C18H22F3N5O3. The molecule has 2 aliphatic heterocycles. The van der Waals surface area contributed by atoms with Gasteiger partial charge in [-0.2, -0.15) is 18.3 Å². The van der Waals surface area contributed by atoms with E-state index < -0.39 is 23.4 Å². The lowest BCUT2D eigenvalue weighted by Gasteiger charge is -2.19. The predicted octanol–water partition coefficient (Wildman–Crippen LogP) is 1.64.